The van der Waals surface area contributed by atoms with Gasteiger partial charge in [0.1, 0.15) is 0 Å². The number of hydrogen-bond donors (Lipinski definition) is 0. The Hall–Kier alpha value is -8.96. The molecule has 3 aromatic heterocycles. The monoisotopic (exact) mass is 907 g/mol. The second-order valence-corrected chi connectivity index (χ2v) is 22.2. The molecule has 328 valence electrons. The fourth-order valence-electron chi connectivity index (χ4n) is 11.9. The van der Waals surface area contributed by atoms with Crippen molar-refractivity contribution in [3.63, 3.8) is 0 Å². The fraction of sp³-hybridized carbons (Fsp3) is 0. The lowest BCUT2D eigenvalue weighted by atomic mass is 9.95. The quantitative estimate of drug-likeness (QED) is 0.101. The molecule has 11 aromatic carbocycles. The summed E-state index contributed by atoms with van der Waals surface area (Å²) in [5.74, 6) is 0. The van der Waals surface area contributed by atoms with Crippen molar-refractivity contribution < 1.29 is 0 Å². The zero-order valence-corrected chi connectivity index (χ0v) is 39.3. The van der Waals surface area contributed by atoms with Gasteiger partial charge in [-0.25, -0.2) is 0 Å². The van der Waals surface area contributed by atoms with Crippen molar-refractivity contribution in [3.05, 3.63) is 273 Å². The van der Waals surface area contributed by atoms with Crippen LogP contribution in [0, 0.1) is 0 Å². The number of nitrogens with zero attached hydrogens (tertiary/aromatic N) is 3. The second-order valence-electron chi connectivity index (χ2n) is 18.4. The highest BCUT2D eigenvalue weighted by atomic mass is 28.3. The zero-order chi connectivity index (χ0) is 46.2. The molecular formula is C66H45N3Si. The topological polar surface area (TPSA) is 14.8 Å². The summed E-state index contributed by atoms with van der Waals surface area (Å²) in [5.41, 5.74) is 15.4. The predicted octanol–water partition coefficient (Wildman–Crippen LogP) is 14.0. The van der Waals surface area contributed by atoms with Crippen LogP contribution in [-0.4, -0.2) is 21.8 Å². The number of fused-ring (bicyclic) bond motifs is 3. The number of para-hydroxylation sites is 2. The molecule has 0 aliphatic heterocycles. The van der Waals surface area contributed by atoms with E-state index in [4.69, 9.17) is 0 Å². The second kappa shape index (κ2) is 16.1. The molecule has 0 amide bonds. The third-order valence-electron chi connectivity index (χ3n) is 14.8. The lowest BCUT2D eigenvalue weighted by molar-refractivity contribution is 1.15. The van der Waals surface area contributed by atoms with E-state index < -0.39 is 8.07 Å². The van der Waals surface area contributed by atoms with Crippen LogP contribution in [0.15, 0.2) is 273 Å². The highest BCUT2D eigenvalue weighted by molar-refractivity contribution is 7.19. The van der Waals surface area contributed by atoms with Crippen LogP contribution >= 0.6 is 0 Å². The third kappa shape index (κ3) is 5.94. The van der Waals surface area contributed by atoms with Gasteiger partial charge in [-0.15, -0.1) is 0 Å². The first-order chi connectivity index (χ1) is 34.8. The fourth-order valence-corrected chi connectivity index (χ4v) is 16.6. The summed E-state index contributed by atoms with van der Waals surface area (Å²) in [7, 11) is -2.70. The minimum Gasteiger partial charge on any atom is -0.309 e. The molecule has 0 bridgehead atoms. The van der Waals surface area contributed by atoms with E-state index in [1.807, 2.05) is 0 Å². The highest BCUT2D eigenvalue weighted by Crippen LogP contribution is 2.46. The van der Waals surface area contributed by atoms with E-state index in [-0.39, 0.29) is 0 Å². The van der Waals surface area contributed by atoms with Crippen LogP contribution in [0.4, 0.5) is 0 Å². The molecule has 0 radical (unpaired) electrons. The van der Waals surface area contributed by atoms with Crippen LogP contribution in [0.2, 0.25) is 0 Å². The number of aromatic nitrogens is 3. The van der Waals surface area contributed by atoms with Gasteiger partial charge in [0.2, 0.25) is 0 Å². The molecular weight excluding hydrogens is 863 g/mol. The van der Waals surface area contributed by atoms with Gasteiger partial charge in [0, 0.05) is 44.0 Å². The molecule has 0 atom stereocenters. The van der Waals surface area contributed by atoms with Gasteiger partial charge in [0.25, 0.3) is 0 Å². The van der Waals surface area contributed by atoms with Crippen LogP contribution in [0.3, 0.4) is 0 Å². The summed E-state index contributed by atoms with van der Waals surface area (Å²) in [6.07, 6.45) is 0. The van der Waals surface area contributed by atoms with Gasteiger partial charge in [-0.3, -0.25) is 0 Å². The maximum Gasteiger partial charge on any atom is 0.179 e. The van der Waals surface area contributed by atoms with Gasteiger partial charge >= 0.3 is 0 Å². The number of benzene rings is 11. The summed E-state index contributed by atoms with van der Waals surface area (Å²) in [6.45, 7) is 0. The Morgan fingerprint density at radius 2 is 0.614 bits per heavy atom. The smallest absolute Gasteiger partial charge is 0.179 e. The predicted molar refractivity (Wildman–Crippen MR) is 298 cm³/mol. The molecule has 0 spiro atoms. The molecule has 0 N–H and O–H groups in total. The molecule has 14 aromatic rings. The van der Waals surface area contributed by atoms with Gasteiger partial charge in [0.15, 0.2) is 8.07 Å². The molecule has 0 saturated heterocycles. The van der Waals surface area contributed by atoms with E-state index in [1.165, 1.54) is 103 Å². The average molecular weight is 908 g/mol. The van der Waals surface area contributed by atoms with Crippen molar-refractivity contribution >= 4 is 83.5 Å². The highest BCUT2D eigenvalue weighted by Gasteiger charge is 2.41. The van der Waals surface area contributed by atoms with Crippen LogP contribution in [0.25, 0.3) is 94.0 Å². The summed E-state index contributed by atoms with van der Waals surface area (Å²) < 4.78 is 7.48. The summed E-state index contributed by atoms with van der Waals surface area (Å²) >= 11 is 0. The van der Waals surface area contributed by atoms with Crippen molar-refractivity contribution in [2.45, 2.75) is 0 Å². The van der Waals surface area contributed by atoms with E-state index in [1.54, 1.807) is 0 Å². The first-order valence-electron chi connectivity index (χ1n) is 24.2. The van der Waals surface area contributed by atoms with Crippen molar-refractivity contribution in [1.82, 2.24) is 13.7 Å². The Labute approximate surface area is 407 Å². The third-order valence-corrected chi connectivity index (χ3v) is 19.6. The molecule has 3 heterocycles. The molecule has 0 unspecified atom stereocenters. The van der Waals surface area contributed by atoms with Crippen LogP contribution in [-0.2, 0) is 0 Å². The summed E-state index contributed by atoms with van der Waals surface area (Å²) in [6, 6.07) is 101. The SMILES string of the molecule is c1ccc(-c2cccc(-c3ccccc3)c2-n2c3cccc4c3c3c(cccc32)n4-c2ccc3c4ccccc4n(-c4ccc([Si](c5ccccc5)(c5ccccc5)c5ccccc5)cc4)c3c2)cc1. The molecule has 0 aliphatic carbocycles. The lowest BCUT2D eigenvalue weighted by Crippen LogP contribution is -2.74. The largest absolute Gasteiger partial charge is 0.309 e. The molecule has 70 heavy (non-hydrogen) atoms. The molecule has 0 aliphatic rings. The van der Waals surface area contributed by atoms with Crippen LogP contribution < -0.4 is 20.7 Å². The van der Waals surface area contributed by atoms with E-state index in [9.17, 15) is 0 Å². The zero-order valence-electron chi connectivity index (χ0n) is 38.3. The van der Waals surface area contributed by atoms with Gasteiger partial charge in [0.05, 0.1) is 38.8 Å². The Balaban J connectivity index is 0.970. The van der Waals surface area contributed by atoms with Gasteiger partial charge in [-0.05, 0) is 86.5 Å². The van der Waals surface area contributed by atoms with Gasteiger partial charge in [-0.2, -0.15) is 0 Å². The standard InChI is InChI=1S/C66H45N3Si/c1-6-21-46(22-7-1)54-32-18-33-55(47-23-8-2-9-24-47)66(54)69-61-37-19-35-59-64(61)65-60(36-20-38-62(65)69)68(59)49-41-44-57-56-31-16-17-34-58(56)67(63(57)45-49)48-39-42-53(43-40-48)70(50-25-10-3-11-26-50,51-27-12-4-13-28-51)52-29-14-5-15-30-52/h1-45H. The Bertz CT molecular complexity index is 3970. The summed E-state index contributed by atoms with van der Waals surface area (Å²) in [4.78, 5) is 0. The first-order valence-corrected chi connectivity index (χ1v) is 26.2. The minimum absolute atomic E-state index is 1.13. The van der Waals surface area contributed by atoms with Crippen molar-refractivity contribution in [3.8, 4) is 39.3 Å². The summed E-state index contributed by atoms with van der Waals surface area (Å²) in [5, 5.41) is 10.5. The molecule has 0 saturated carbocycles. The number of hydrogen-bond acceptors (Lipinski definition) is 0. The lowest BCUT2D eigenvalue weighted by Gasteiger charge is -2.34. The van der Waals surface area contributed by atoms with Crippen molar-refractivity contribution in [2.24, 2.45) is 0 Å². The molecule has 3 nitrogen and oxygen atoms in total. The molecule has 0 fully saturated rings. The Kier molecular flexibility index (Phi) is 9.23. The minimum atomic E-state index is -2.70. The van der Waals surface area contributed by atoms with E-state index in [2.05, 4.69) is 287 Å². The Morgan fingerprint density at radius 1 is 0.243 bits per heavy atom. The van der Waals surface area contributed by atoms with Crippen LogP contribution in [0.5, 0.6) is 0 Å². The van der Waals surface area contributed by atoms with Crippen molar-refractivity contribution in [2.75, 3.05) is 0 Å². The van der Waals surface area contributed by atoms with Gasteiger partial charge in [-0.1, -0.05) is 218 Å². The number of rotatable bonds is 9. The molecule has 14 rings (SSSR count). The van der Waals surface area contributed by atoms with E-state index in [0.717, 1.165) is 11.4 Å². The maximum absolute atomic E-state index is 2.70. The van der Waals surface area contributed by atoms with E-state index in [0.29, 0.717) is 0 Å². The average Bonchev–Trinajstić information content (AvgIpc) is 4.09. The first kappa shape index (κ1) is 40.1. The van der Waals surface area contributed by atoms with Crippen LogP contribution in [0.1, 0.15) is 0 Å². The van der Waals surface area contributed by atoms with E-state index >= 15 is 0 Å². The Morgan fingerprint density at radius 3 is 1.13 bits per heavy atom. The normalized spacial score (nSPS) is 12.0. The van der Waals surface area contributed by atoms with Gasteiger partial charge < -0.3 is 13.7 Å². The maximum atomic E-state index is 2.52. The molecule has 4 heteroatoms. The van der Waals surface area contributed by atoms with Crippen molar-refractivity contribution in [1.29, 1.82) is 0 Å².